The first-order valence-corrected chi connectivity index (χ1v) is 6.99. The first-order valence-electron chi connectivity index (χ1n) is 6.99. The van der Waals surface area contributed by atoms with Gasteiger partial charge in [0.15, 0.2) is 0 Å². The second kappa shape index (κ2) is 5.88. The van der Waals surface area contributed by atoms with E-state index in [1.807, 2.05) is 28.8 Å². The first kappa shape index (κ1) is 14.7. The Morgan fingerprint density at radius 2 is 1.96 bits per heavy atom. The lowest BCUT2D eigenvalue weighted by atomic mass is 10.1. The highest BCUT2D eigenvalue weighted by atomic mass is 16.6. The summed E-state index contributed by atoms with van der Waals surface area (Å²) in [5, 5.41) is 19.7. The van der Waals surface area contributed by atoms with Crippen molar-refractivity contribution in [2.45, 2.75) is 12.8 Å². The molecule has 0 aliphatic rings. The minimum atomic E-state index is -0.884. The van der Waals surface area contributed by atoms with Crippen LogP contribution in [-0.4, -0.2) is 25.4 Å². The summed E-state index contributed by atoms with van der Waals surface area (Å²) in [6.45, 7) is 0. The molecule has 0 spiro atoms. The summed E-state index contributed by atoms with van der Waals surface area (Å²) in [7, 11) is 0. The van der Waals surface area contributed by atoms with E-state index in [2.05, 4.69) is 4.98 Å². The number of carboxylic acid groups (broad SMARTS) is 1. The number of non-ortho nitro benzene ring substituents is 1. The van der Waals surface area contributed by atoms with Gasteiger partial charge in [0.25, 0.3) is 5.69 Å². The van der Waals surface area contributed by atoms with Crippen molar-refractivity contribution in [3.05, 3.63) is 64.5 Å². The van der Waals surface area contributed by atoms with Gasteiger partial charge in [-0.3, -0.25) is 14.9 Å². The van der Waals surface area contributed by atoms with Crippen LogP contribution in [0.5, 0.6) is 0 Å². The Morgan fingerprint density at radius 1 is 1.22 bits per heavy atom. The zero-order valence-electron chi connectivity index (χ0n) is 12.0. The molecule has 23 heavy (non-hydrogen) atoms. The standard InChI is InChI=1S/C16H13N3O4/c20-15(21)9-8-13-16(17-14-3-1-2-10-18(13)14)11-4-6-12(7-5-11)19(22)23/h1-7,10H,8-9H2,(H,20,21). The minimum absolute atomic E-state index is 0.00426. The van der Waals surface area contributed by atoms with Crippen LogP contribution >= 0.6 is 0 Å². The Balaban J connectivity index is 2.09. The van der Waals surface area contributed by atoms with Crippen molar-refractivity contribution in [1.82, 2.24) is 9.38 Å². The predicted octanol–water partition coefficient (Wildman–Crippen LogP) is 2.93. The van der Waals surface area contributed by atoms with Crippen LogP contribution in [0.4, 0.5) is 5.69 Å². The van der Waals surface area contributed by atoms with Gasteiger partial charge in [0.2, 0.25) is 0 Å². The van der Waals surface area contributed by atoms with E-state index in [0.29, 0.717) is 17.8 Å². The Morgan fingerprint density at radius 3 is 2.61 bits per heavy atom. The molecule has 1 aromatic carbocycles. The van der Waals surface area contributed by atoms with Crippen molar-refractivity contribution < 1.29 is 14.8 Å². The summed E-state index contributed by atoms with van der Waals surface area (Å²) in [5.41, 5.74) is 2.86. The van der Waals surface area contributed by atoms with Crippen molar-refractivity contribution in [3.63, 3.8) is 0 Å². The zero-order chi connectivity index (χ0) is 16.4. The van der Waals surface area contributed by atoms with Gasteiger partial charge in [-0.15, -0.1) is 0 Å². The van der Waals surface area contributed by atoms with E-state index in [-0.39, 0.29) is 12.1 Å². The topological polar surface area (TPSA) is 97.7 Å². The number of hydrogen-bond acceptors (Lipinski definition) is 4. The van der Waals surface area contributed by atoms with Gasteiger partial charge in [0.05, 0.1) is 22.7 Å². The third-order valence-corrected chi connectivity index (χ3v) is 3.56. The maximum atomic E-state index is 10.9. The highest BCUT2D eigenvalue weighted by Crippen LogP contribution is 2.27. The SMILES string of the molecule is O=C(O)CCc1c(-c2ccc([N+](=O)[O-])cc2)nc2ccccn12. The van der Waals surface area contributed by atoms with E-state index >= 15 is 0 Å². The minimum Gasteiger partial charge on any atom is -0.481 e. The zero-order valence-corrected chi connectivity index (χ0v) is 12.0. The fourth-order valence-electron chi connectivity index (χ4n) is 2.48. The molecule has 0 bridgehead atoms. The largest absolute Gasteiger partial charge is 0.481 e. The molecular formula is C16H13N3O4. The highest BCUT2D eigenvalue weighted by molar-refractivity contribution is 5.70. The van der Waals surface area contributed by atoms with Crippen molar-refractivity contribution in [2.75, 3.05) is 0 Å². The Labute approximate surface area is 131 Å². The first-order chi connectivity index (χ1) is 11.1. The number of rotatable bonds is 5. The van der Waals surface area contributed by atoms with Gasteiger partial charge in [-0.25, -0.2) is 4.98 Å². The molecule has 0 unspecified atom stereocenters. The predicted molar refractivity (Wildman–Crippen MR) is 83.2 cm³/mol. The van der Waals surface area contributed by atoms with E-state index in [1.165, 1.54) is 12.1 Å². The molecule has 0 amide bonds. The van der Waals surface area contributed by atoms with Crippen LogP contribution in [0, 0.1) is 10.1 Å². The number of hydrogen-bond donors (Lipinski definition) is 1. The third-order valence-electron chi connectivity index (χ3n) is 3.56. The van der Waals surface area contributed by atoms with E-state index in [0.717, 1.165) is 11.3 Å². The number of aryl methyl sites for hydroxylation is 1. The monoisotopic (exact) mass is 311 g/mol. The maximum absolute atomic E-state index is 10.9. The molecule has 0 aliphatic carbocycles. The number of nitro benzene ring substituents is 1. The van der Waals surface area contributed by atoms with E-state index in [1.54, 1.807) is 12.1 Å². The number of aliphatic carboxylic acids is 1. The second-order valence-electron chi connectivity index (χ2n) is 5.03. The Hall–Kier alpha value is -3.22. The van der Waals surface area contributed by atoms with Gasteiger partial charge in [0, 0.05) is 30.3 Å². The maximum Gasteiger partial charge on any atom is 0.303 e. The molecule has 3 aromatic rings. The van der Waals surface area contributed by atoms with Crippen molar-refractivity contribution in [3.8, 4) is 11.3 Å². The van der Waals surface area contributed by atoms with Gasteiger partial charge in [0.1, 0.15) is 5.65 Å². The molecule has 0 radical (unpaired) electrons. The van der Waals surface area contributed by atoms with E-state index in [4.69, 9.17) is 5.11 Å². The van der Waals surface area contributed by atoms with Gasteiger partial charge < -0.3 is 9.51 Å². The summed E-state index contributed by atoms with van der Waals surface area (Å²) in [4.78, 5) is 25.7. The highest BCUT2D eigenvalue weighted by Gasteiger charge is 2.16. The van der Waals surface area contributed by atoms with Crippen LogP contribution in [0.25, 0.3) is 16.9 Å². The van der Waals surface area contributed by atoms with Gasteiger partial charge in [-0.2, -0.15) is 0 Å². The number of nitro groups is 1. The van der Waals surface area contributed by atoms with Crippen LogP contribution in [-0.2, 0) is 11.2 Å². The van der Waals surface area contributed by atoms with Crippen molar-refractivity contribution in [2.24, 2.45) is 0 Å². The summed E-state index contributed by atoms with van der Waals surface area (Å²) < 4.78 is 1.85. The fraction of sp³-hybridized carbons (Fsp3) is 0.125. The van der Waals surface area contributed by atoms with E-state index < -0.39 is 10.9 Å². The molecule has 3 rings (SSSR count). The Bertz CT molecular complexity index is 884. The van der Waals surface area contributed by atoms with Gasteiger partial charge >= 0.3 is 5.97 Å². The van der Waals surface area contributed by atoms with Crippen molar-refractivity contribution in [1.29, 1.82) is 0 Å². The summed E-state index contributed by atoms with van der Waals surface area (Å²) in [5.74, 6) is -0.884. The third kappa shape index (κ3) is 2.89. The molecule has 0 aliphatic heterocycles. The molecule has 116 valence electrons. The summed E-state index contributed by atoms with van der Waals surface area (Å²) in [6.07, 6.45) is 2.14. The molecule has 2 aromatic heterocycles. The van der Waals surface area contributed by atoms with Crippen LogP contribution < -0.4 is 0 Å². The molecule has 1 N–H and O–H groups in total. The molecule has 0 saturated heterocycles. The van der Waals surface area contributed by atoms with Crippen LogP contribution in [0.15, 0.2) is 48.7 Å². The number of benzene rings is 1. The average molecular weight is 311 g/mol. The molecule has 2 heterocycles. The van der Waals surface area contributed by atoms with Crippen LogP contribution in [0.1, 0.15) is 12.1 Å². The number of fused-ring (bicyclic) bond motifs is 1. The second-order valence-corrected chi connectivity index (χ2v) is 5.03. The Kier molecular flexibility index (Phi) is 3.76. The number of imidazole rings is 1. The molecule has 0 saturated carbocycles. The number of carbonyl (C=O) groups is 1. The lowest BCUT2D eigenvalue weighted by Crippen LogP contribution is -2.01. The molecule has 7 heteroatoms. The number of pyridine rings is 1. The molecule has 0 fully saturated rings. The lowest BCUT2D eigenvalue weighted by Gasteiger charge is -2.04. The van der Waals surface area contributed by atoms with Crippen molar-refractivity contribution >= 4 is 17.3 Å². The smallest absolute Gasteiger partial charge is 0.303 e. The molecule has 7 nitrogen and oxygen atoms in total. The number of carboxylic acids is 1. The fourth-order valence-corrected chi connectivity index (χ4v) is 2.48. The van der Waals surface area contributed by atoms with Crippen LogP contribution in [0.3, 0.4) is 0 Å². The molecular weight excluding hydrogens is 298 g/mol. The quantitative estimate of drug-likeness (QED) is 0.577. The molecule has 0 atom stereocenters. The van der Waals surface area contributed by atoms with E-state index in [9.17, 15) is 14.9 Å². The van der Waals surface area contributed by atoms with Gasteiger partial charge in [-0.05, 0) is 24.3 Å². The van der Waals surface area contributed by atoms with Gasteiger partial charge in [-0.1, -0.05) is 6.07 Å². The number of nitrogens with zero attached hydrogens (tertiary/aromatic N) is 3. The average Bonchev–Trinajstić information content (AvgIpc) is 2.91. The summed E-state index contributed by atoms with van der Waals surface area (Å²) in [6, 6.07) is 11.6. The summed E-state index contributed by atoms with van der Waals surface area (Å²) >= 11 is 0. The lowest BCUT2D eigenvalue weighted by molar-refractivity contribution is -0.384. The normalized spacial score (nSPS) is 10.8. The number of aromatic nitrogens is 2. The van der Waals surface area contributed by atoms with Crippen LogP contribution in [0.2, 0.25) is 0 Å².